The quantitative estimate of drug-likeness (QED) is 0.807. The number of anilines is 1. The summed E-state index contributed by atoms with van der Waals surface area (Å²) < 4.78 is 25.7. The van der Waals surface area contributed by atoms with E-state index in [1.54, 1.807) is 4.31 Å². The molecule has 1 aliphatic heterocycles. The van der Waals surface area contributed by atoms with Crippen LogP contribution >= 0.6 is 0 Å². The van der Waals surface area contributed by atoms with E-state index in [4.69, 9.17) is 0 Å². The van der Waals surface area contributed by atoms with Crippen LogP contribution in [-0.2, 0) is 16.4 Å². The van der Waals surface area contributed by atoms with Crippen LogP contribution in [0.5, 0.6) is 0 Å². The second-order valence-corrected chi connectivity index (χ2v) is 6.13. The first-order chi connectivity index (χ1) is 7.65. The van der Waals surface area contributed by atoms with Gasteiger partial charge in [-0.1, -0.05) is 31.5 Å². The van der Waals surface area contributed by atoms with Gasteiger partial charge >= 0.3 is 0 Å². The Morgan fingerprint density at radius 3 is 2.81 bits per heavy atom. The Balaban J connectivity index is 2.25. The van der Waals surface area contributed by atoms with Crippen LogP contribution < -0.4 is 4.31 Å². The minimum atomic E-state index is -3.10. The highest BCUT2D eigenvalue weighted by molar-refractivity contribution is 7.92. The highest BCUT2D eigenvalue weighted by Gasteiger charge is 2.28. The van der Waals surface area contributed by atoms with Gasteiger partial charge in [0.25, 0.3) is 0 Å². The maximum absolute atomic E-state index is 12.1. The first kappa shape index (κ1) is 11.5. The second-order valence-electron chi connectivity index (χ2n) is 4.12. The summed E-state index contributed by atoms with van der Waals surface area (Å²) in [5.41, 5.74) is 2.01. The number of nitrogens with zero attached hydrogens (tertiary/aromatic N) is 1. The first-order valence-corrected chi connectivity index (χ1v) is 7.34. The molecule has 4 heteroatoms. The van der Waals surface area contributed by atoms with Crippen LogP contribution in [0.25, 0.3) is 0 Å². The molecule has 16 heavy (non-hydrogen) atoms. The van der Waals surface area contributed by atoms with Gasteiger partial charge in [0.05, 0.1) is 11.4 Å². The summed E-state index contributed by atoms with van der Waals surface area (Å²) in [7, 11) is -3.10. The molecule has 0 saturated heterocycles. The zero-order valence-electron chi connectivity index (χ0n) is 9.52. The zero-order chi connectivity index (χ0) is 11.6. The summed E-state index contributed by atoms with van der Waals surface area (Å²) >= 11 is 0. The van der Waals surface area contributed by atoms with Crippen molar-refractivity contribution >= 4 is 15.7 Å². The van der Waals surface area contributed by atoms with Crippen molar-refractivity contribution in [1.82, 2.24) is 0 Å². The molecule has 1 aromatic carbocycles. The molecular formula is C12H17NO2S. The predicted octanol–water partition coefficient (Wildman–Crippen LogP) is 2.18. The third-order valence-corrected chi connectivity index (χ3v) is 4.79. The molecule has 0 radical (unpaired) electrons. The van der Waals surface area contributed by atoms with E-state index >= 15 is 0 Å². The number of fused-ring (bicyclic) bond motifs is 1. The molecule has 0 N–H and O–H groups in total. The molecule has 3 nitrogen and oxygen atoms in total. The fourth-order valence-electron chi connectivity index (χ4n) is 2.03. The van der Waals surface area contributed by atoms with Crippen molar-refractivity contribution in [2.75, 3.05) is 16.6 Å². The van der Waals surface area contributed by atoms with Crippen LogP contribution in [0.2, 0.25) is 0 Å². The van der Waals surface area contributed by atoms with E-state index in [1.807, 2.05) is 31.2 Å². The molecule has 0 atom stereocenters. The highest BCUT2D eigenvalue weighted by atomic mass is 32.2. The Kier molecular flexibility index (Phi) is 3.19. The van der Waals surface area contributed by atoms with Gasteiger partial charge in [0, 0.05) is 6.54 Å². The Morgan fingerprint density at radius 2 is 2.06 bits per heavy atom. The van der Waals surface area contributed by atoms with Gasteiger partial charge in [0.1, 0.15) is 0 Å². The first-order valence-electron chi connectivity index (χ1n) is 5.73. The van der Waals surface area contributed by atoms with Gasteiger partial charge in [-0.15, -0.1) is 0 Å². The Bertz CT molecular complexity index is 468. The van der Waals surface area contributed by atoms with Crippen molar-refractivity contribution in [3.8, 4) is 0 Å². The second kappa shape index (κ2) is 4.45. The summed E-state index contributed by atoms with van der Waals surface area (Å²) in [6.07, 6.45) is 2.48. The molecule has 0 spiro atoms. The highest BCUT2D eigenvalue weighted by Crippen LogP contribution is 2.30. The number of rotatable bonds is 4. The van der Waals surface area contributed by atoms with Crippen molar-refractivity contribution in [3.05, 3.63) is 29.8 Å². The molecule has 0 bridgehead atoms. The van der Waals surface area contributed by atoms with E-state index in [0.717, 1.165) is 30.5 Å². The van der Waals surface area contributed by atoms with Crippen molar-refractivity contribution in [2.45, 2.75) is 26.2 Å². The van der Waals surface area contributed by atoms with E-state index in [2.05, 4.69) is 0 Å². The molecule has 0 amide bonds. The lowest BCUT2D eigenvalue weighted by atomic mass is 10.2. The minimum Gasteiger partial charge on any atom is -0.270 e. The molecule has 2 rings (SSSR count). The van der Waals surface area contributed by atoms with Gasteiger partial charge in [-0.3, -0.25) is 4.31 Å². The van der Waals surface area contributed by atoms with E-state index in [1.165, 1.54) is 0 Å². The van der Waals surface area contributed by atoms with Crippen LogP contribution in [0.3, 0.4) is 0 Å². The van der Waals surface area contributed by atoms with Crippen molar-refractivity contribution in [1.29, 1.82) is 0 Å². The monoisotopic (exact) mass is 239 g/mol. The summed E-state index contributed by atoms with van der Waals surface area (Å²) in [5, 5.41) is 0. The van der Waals surface area contributed by atoms with Crippen molar-refractivity contribution < 1.29 is 8.42 Å². The molecule has 1 heterocycles. The third-order valence-electron chi connectivity index (χ3n) is 2.94. The summed E-state index contributed by atoms with van der Waals surface area (Å²) in [6, 6.07) is 7.75. The molecule has 0 unspecified atom stereocenters. The van der Waals surface area contributed by atoms with Crippen LogP contribution in [0.15, 0.2) is 24.3 Å². The summed E-state index contributed by atoms with van der Waals surface area (Å²) in [4.78, 5) is 0. The van der Waals surface area contributed by atoms with E-state index < -0.39 is 10.0 Å². The molecule has 88 valence electrons. The van der Waals surface area contributed by atoms with E-state index in [0.29, 0.717) is 6.54 Å². The predicted molar refractivity (Wildman–Crippen MR) is 66.2 cm³/mol. The average molecular weight is 239 g/mol. The number of hydrogen-bond donors (Lipinski definition) is 0. The zero-order valence-corrected chi connectivity index (χ0v) is 10.3. The third kappa shape index (κ3) is 2.07. The molecule has 0 saturated carbocycles. The Labute approximate surface area is 97.1 Å². The van der Waals surface area contributed by atoms with Crippen molar-refractivity contribution in [2.24, 2.45) is 0 Å². The van der Waals surface area contributed by atoms with Gasteiger partial charge in [-0.25, -0.2) is 8.42 Å². The number of sulfonamides is 1. The fraction of sp³-hybridized carbons (Fsp3) is 0.500. The maximum atomic E-state index is 12.1. The molecule has 1 aromatic rings. The fourth-order valence-corrected chi connectivity index (χ4v) is 3.75. The molecular weight excluding hydrogens is 222 g/mol. The summed E-state index contributed by atoms with van der Waals surface area (Å²) in [6.45, 7) is 2.61. The lowest BCUT2D eigenvalue weighted by molar-refractivity contribution is 0.589. The molecule has 1 aliphatic rings. The topological polar surface area (TPSA) is 37.4 Å². The van der Waals surface area contributed by atoms with Crippen LogP contribution in [-0.4, -0.2) is 20.7 Å². The molecule has 0 fully saturated rings. The number of benzene rings is 1. The van der Waals surface area contributed by atoms with Gasteiger partial charge in [0.2, 0.25) is 10.0 Å². The van der Waals surface area contributed by atoms with Gasteiger partial charge in [0.15, 0.2) is 0 Å². The van der Waals surface area contributed by atoms with Crippen molar-refractivity contribution in [3.63, 3.8) is 0 Å². The van der Waals surface area contributed by atoms with Crippen LogP contribution in [0.1, 0.15) is 25.3 Å². The number of hydrogen-bond acceptors (Lipinski definition) is 2. The number of para-hydroxylation sites is 1. The van der Waals surface area contributed by atoms with Crippen LogP contribution in [0.4, 0.5) is 5.69 Å². The van der Waals surface area contributed by atoms with E-state index in [-0.39, 0.29) is 5.75 Å². The standard InChI is InChI=1S/C12H17NO2S/c1-2-3-10-16(14,15)13-9-8-11-6-4-5-7-12(11)13/h4-7H,2-3,8-10H2,1H3. The Morgan fingerprint density at radius 1 is 1.31 bits per heavy atom. The smallest absolute Gasteiger partial charge is 0.235 e. The van der Waals surface area contributed by atoms with E-state index in [9.17, 15) is 8.42 Å². The maximum Gasteiger partial charge on any atom is 0.235 e. The van der Waals surface area contributed by atoms with Crippen LogP contribution in [0, 0.1) is 0 Å². The van der Waals surface area contributed by atoms with Gasteiger partial charge in [-0.2, -0.15) is 0 Å². The minimum absolute atomic E-state index is 0.262. The normalized spacial score (nSPS) is 15.2. The SMILES string of the molecule is CCCCS(=O)(=O)N1CCc2ccccc21. The largest absolute Gasteiger partial charge is 0.270 e. The molecule has 0 aromatic heterocycles. The average Bonchev–Trinajstić information content (AvgIpc) is 2.71. The Hall–Kier alpha value is -1.03. The van der Waals surface area contributed by atoms with Gasteiger partial charge in [-0.05, 0) is 24.5 Å². The molecule has 0 aliphatic carbocycles. The lowest BCUT2D eigenvalue weighted by Gasteiger charge is -2.19. The number of unbranched alkanes of at least 4 members (excludes halogenated alkanes) is 1. The van der Waals surface area contributed by atoms with Gasteiger partial charge < -0.3 is 0 Å². The summed E-state index contributed by atoms with van der Waals surface area (Å²) in [5.74, 6) is 0.262. The lowest BCUT2D eigenvalue weighted by Crippen LogP contribution is -2.31.